The molecular formula is C39H32F2IN5O7. The van der Waals surface area contributed by atoms with E-state index in [1.165, 1.54) is 43.4 Å². The summed E-state index contributed by atoms with van der Waals surface area (Å²) in [5.74, 6) is -2.63. The number of carbonyl (C=O) groups excluding carboxylic acids is 3. The SMILES string of the molecule is COC(=O)c1nc(I)c2cc(Cc3ccc(F)cc3)cnc2c1O.COC(=O)c1nc(N2CCCCC2=O)c2cc(Cc3ccc(F)cc3)cnc2c1O. The molecule has 7 rings (SSSR count). The zero-order valence-electron chi connectivity index (χ0n) is 29.0. The molecule has 0 saturated carbocycles. The van der Waals surface area contributed by atoms with Crippen LogP contribution in [-0.2, 0) is 27.1 Å². The largest absolute Gasteiger partial charge is 0.504 e. The molecule has 0 atom stereocenters. The predicted octanol–water partition coefficient (Wildman–Crippen LogP) is 6.83. The van der Waals surface area contributed by atoms with Crippen LogP contribution in [-0.4, -0.2) is 68.8 Å². The van der Waals surface area contributed by atoms with Crippen molar-refractivity contribution in [1.82, 2.24) is 19.9 Å². The molecule has 0 aliphatic carbocycles. The number of halogens is 3. The van der Waals surface area contributed by atoms with Crippen LogP contribution in [0.1, 0.15) is 62.5 Å². The maximum Gasteiger partial charge on any atom is 0.360 e. The molecule has 54 heavy (non-hydrogen) atoms. The van der Waals surface area contributed by atoms with Gasteiger partial charge in [0.2, 0.25) is 5.91 Å². The average molecular weight is 848 g/mol. The van der Waals surface area contributed by atoms with Crippen LogP contribution < -0.4 is 4.90 Å². The van der Waals surface area contributed by atoms with Crippen LogP contribution in [0.15, 0.2) is 73.1 Å². The maximum absolute atomic E-state index is 13.2. The first-order valence-corrected chi connectivity index (χ1v) is 17.7. The van der Waals surface area contributed by atoms with Crippen LogP contribution in [0.2, 0.25) is 0 Å². The van der Waals surface area contributed by atoms with Crippen molar-refractivity contribution in [2.45, 2.75) is 32.1 Å². The van der Waals surface area contributed by atoms with Crippen LogP contribution in [0.3, 0.4) is 0 Å². The zero-order valence-corrected chi connectivity index (χ0v) is 31.1. The minimum Gasteiger partial charge on any atom is -0.504 e. The summed E-state index contributed by atoms with van der Waals surface area (Å²) in [5.41, 5.74) is 3.53. The summed E-state index contributed by atoms with van der Waals surface area (Å²) in [4.78, 5) is 54.8. The molecule has 5 heterocycles. The van der Waals surface area contributed by atoms with E-state index < -0.39 is 17.7 Å². The molecule has 2 N–H and O–H groups in total. The van der Waals surface area contributed by atoms with E-state index in [0.29, 0.717) is 40.3 Å². The van der Waals surface area contributed by atoms with Crippen LogP contribution in [0.5, 0.6) is 11.5 Å². The predicted molar refractivity (Wildman–Crippen MR) is 202 cm³/mol. The summed E-state index contributed by atoms with van der Waals surface area (Å²) in [7, 11) is 2.42. The van der Waals surface area contributed by atoms with E-state index >= 15 is 0 Å². The van der Waals surface area contributed by atoms with Crippen molar-refractivity contribution in [3.63, 3.8) is 0 Å². The molecule has 1 amide bonds. The van der Waals surface area contributed by atoms with Gasteiger partial charge in [-0.3, -0.25) is 19.7 Å². The number of anilines is 1. The third-order valence-electron chi connectivity index (χ3n) is 8.66. The van der Waals surface area contributed by atoms with Crippen molar-refractivity contribution in [2.24, 2.45) is 0 Å². The van der Waals surface area contributed by atoms with Crippen LogP contribution in [0, 0.1) is 15.3 Å². The normalized spacial score (nSPS) is 12.7. The number of ether oxygens (including phenoxy) is 2. The molecule has 276 valence electrons. The third-order valence-corrected chi connectivity index (χ3v) is 9.48. The minimum absolute atomic E-state index is 0.0968. The Kier molecular flexibility index (Phi) is 11.5. The molecule has 2 aromatic carbocycles. The lowest BCUT2D eigenvalue weighted by molar-refractivity contribution is -0.119. The highest BCUT2D eigenvalue weighted by Gasteiger charge is 2.28. The minimum atomic E-state index is -0.808. The zero-order chi connectivity index (χ0) is 38.5. The Morgan fingerprint density at radius 2 is 1.22 bits per heavy atom. The Labute approximate surface area is 321 Å². The average Bonchev–Trinajstić information content (AvgIpc) is 3.18. The van der Waals surface area contributed by atoms with Gasteiger partial charge in [-0.1, -0.05) is 24.3 Å². The van der Waals surface area contributed by atoms with Gasteiger partial charge in [-0.2, -0.15) is 0 Å². The molecule has 0 bridgehead atoms. The Bertz CT molecular complexity index is 2400. The van der Waals surface area contributed by atoms with Gasteiger partial charge in [0.15, 0.2) is 22.9 Å². The number of hydrogen-bond donors (Lipinski definition) is 2. The number of methoxy groups -OCH3 is 2. The number of amides is 1. The summed E-state index contributed by atoms with van der Waals surface area (Å²) in [6.45, 7) is 0.467. The lowest BCUT2D eigenvalue weighted by atomic mass is 10.0. The fourth-order valence-corrected chi connectivity index (χ4v) is 6.61. The molecule has 4 aromatic heterocycles. The molecule has 1 aliphatic rings. The smallest absolute Gasteiger partial charge is 0.360 e. The second-order valence-electron chi connectivity index (χ2n) is 12.3. The van der Waals surface area contributed by atoms with Gasteiger partial charge in [0.1, 0.15) is 32.2 Å². The third kappa shape index (κ3) is 8.20. The van der Waals surface area contributed by atoms with E-state index in [2.05, 4.69) is 24.7 Å². The monoisotopic (exact) mass is 847 g/mol. The van der Waals surface area contributed by atoms with E-state index in [1.54, 1.807) is 42.7 Å². The number of benzene rings is 2. The Hall–Kier alpha value is -5.84. The van der Waals surface area contributed by atoms with Crippen LogP contribution >= 0.6 is 22.6 Å². The van der Waals surface area contributed by atoms with E-state index in [4.69, 9.17) is 4.74 Å². The standard InChI is InChI=1S/C22H20FN3O4.C17H12FIN2O3/c1-30-22(29)19-20(28)18-16(21(25-19)26-9-3-2-4-17(26)27)11-14(12-24-18)10-13-5-7-15(23)8-6-13;1-24-17(23)14-15(22)13-12(16(19)21-14)7-10(8-20-13)6-9-2-4-11(18)5-3-9/h5-8,11-12,28H,2-4,9-10H2,1H3;2-5,7-8,22H,6H2,1H3. The number of nitrogens with zero attached hydrogens (tertiary/aromatic N) is 5. The topological polar surface area (TPSA) is 165 Å². The van der Waals surface area contributed by atoms with Crippen molar-refractivity contribution < 1.29 is 42.9 Å². The molecule has 6 aromatic rings. The second-order valence-corrected chi connectivity index (χ2v) is 13.3. The first kappa shape index (κ1) is 37.9. The molecule has 0 unspecified atom stereocenters. The highest BCUT2D eigenvalue weighted by Crippen LogP contribution is 2.35. The molecule has 15 heteroatoms. The first-order chi connectivity index (χ1) is 26.0. The van der Waals surface area contributed by atoms with Gasteiger partial charge in [0, 0.05) is 36.1 Å². The summed E-state index contributed by atoms with van der Waals surface area (Å²) in [6, 6.07) is 16.0. The number of aromatic nitrogens is 4. The molecular weight excluding hydrogens is 815 g/mol. The number of carbonyl (C=O) groups is 3. The summed E-state index contributed by atoms with van der Waals surface area (Å²) in [5, 5.41) is 21.9. The van der Waals surface area contributed by atoms with Crippen molar-refractivity contribution in [3.8, 4) is 11.5 Å². The lowest BCUT2D eigenvalue weighted by Crippen LogP contribution is -2.36. The van der Waals surface area contributed by atoms with E-state index in [1.807, 2.05) is 28.7 Å². The van der Waals surface area contributed by atoms with Gasteiger partial charge in [-0.15, -0.1) is 0 Å². The Morgan fingerprint density at radius 1 is 0.741 bits per heavy atom. The lowest BCUT2D eigenvalue weighted by Gasteiger charge is -2.27. The van der Waals surface area contributed by atoms with Gasteiger partial charge in [-0.25, -0.2) is 28.3 Å². The summed E-state index contributed by atoms with van der Waals surface area (Å²) >= 11 is 1.98. The first-order valence-electron chi connectivity index (χ1n) is 16.6. The van der Waals surface area contributed by atoms with Gasteiger partial charge >= 0.3 is 11.9 Å². The van der Waals surface area contributed by atoms with Gasteiger partial charge in [-0.05, 0) is 107 Å². The highest BCUT2D eigenvalue weighted by molar-refractivity contribution is 14.1. The number of pyridine rings is 4. The van der Waals surface area contributed by atoms with Crippen molar-refractivity contribution in [1.29, 1.82) is 0 Å². The summed E-state index contributed by atoms with van der Waals surface area (Å²) < 4.78 is 36.0. The van der Waals surface area contributed by atoms with Crippen molar-refractivity contribution in [3.05, 3.63) is 122 Å². The molecule has 1 aliphatic heterocycles. The maximum atomic E-state index is 13.2. The number of esters is 2. The van der Waals surface area contributed by atoms with Gasteiger partial charge in [0.25, 0.3) is 0 Å². The Morgan fingerprint density at radius 3 is 1.72 bits per heavy atom. The molecule has 0 spiro atoms. The fraction of sp³-hybridized carbons (Fsp3) is 0.205. The number of rotatable bonds is 7. The van der Waals surface area contributed by atoms with Gasteiger partial charge < -0.3 is 19.7 Å². The van der Waals surface area contributed by atoms with Crippen LogP contribution in [0.25, 0.3) is 21.8 Å². The van der Waals surface area contributed by atoms with Crippen LogP contribution in [0.4, 0.5) is 14.6 Å². The summed E-state index contributed by atoms with van der Waals surface area (Å²) in [6.07, 6.45) is 6.24. The number of hydrogen-bond acceptors (Lipinski definition) is 11. The number of fused-ring (bicyclic) bond motifs is 2. The molecule has 0 radical (unpaired) electrons. The highest BCUT2D eigenvalue weighted by atomic mass is 127. The van der Waals surface area contributed by atoms with E-state index in [9.17, 15) is 33.4 Å². The number of piperidine rings is 1. The fourth-order valence-electron chi connectivity index (χ4n) is 5.96. The van der Waals surface area contributed by atoms with E-state index in [-0.39, 0.29) is 51.5 Å². The molecule has 12 nitrogen and oxygen atoms in total. The second kappa shape index (κ2) is 16.4. The molecule has 1 fully saturated rings. The quantitative estimate of drug-likeness (QED) is 0.0984. The van der Waals surface area contributed by atoms with Gasteiger partial charge in [0.05, 0.1) is 14.2 Å². The van der Waals surface area contributed by atoms with Crippen molar-refractivity contribution >= 4 is 68.1 Å². The Balaban J connectivity index is 0.000000189. The number of aromatic hydroxyl groups is 2. The van der Waals surface area contributed by atoms with E-state index in [0.717, 1.165) is 35.1 Å². The molecule has 1 saturated heterocycles. The van der Waals surface area contributed by atoms with Crippen molar-refractivity contribution in [2.75, 3.05) is 25.7 Å².